The Morgan fingerprint density at radius 2 is 2.00 bits per heavy atom. The van der Waals surface area contributed by atoms with Crippen LogP contribution < -0.4 is 10.1 Å². The molecule has 0 saturated carbocycles. The maximum atomic E-state index is 12.6. The van der Waals surface area contributed by atoms with Crippen LogP contribution in [0.25, 0.3) is 10.2 Å². The van der Waals surface area contributed by atoms with Crippen molar-refractivity contribution >= 4 is 38.6 Å². The molecule has 0 bridgehead atoms. The van der Waals surface area contributed by atoms with Crippen LogP contribution in [0.4, 0.5) is 5.13 Å². The molecule has 2 aromatic carbocycles. The molecule has 6 nitrogen and oxygen atoms in total. The minimum atomic E-state index is -0.423. The van der Waals surface area contributed by atoms with Gasteiger partial charge in [0.2, 0.25) is 0 Å². The van der Waals surface area contributed by atoms with Crippen LogP contribution in [0.1, 0.15) is 42.6 Å². The number of thiazole rings is 1. The van der Waals surface area contributed by atoms with E-state index in [0.29, 0.717) is 16.4 Å². The largest absolute Gasteiger partial charge is 0.427 e. The number of fused-ring (bicyclic) bond motifs is 1. The predicted octanol–water partition coefficient (Wildman–Crippen LogP) is 4.71. The van der Waals surface area contributed by atoms with Crippen molar-refractivity contribution in [2.45, 2.75) is 33.2 Å². The Labute approximate surface area is 179 Å². The fraction of sp³-hybridized carbons (Fsp3) is 0.348. The van der Waals surface area contributed by atoms with Gasteiger partial charge in [-0.15, -0.1) is 0 Å². The molecule has 1 fully saturated rings. The summed E-state index contributed by atoms with van der Waals surface area (Å²) >= 11 is 1.46. The Hall–Kier alpha value is -2.77. The molecule has 1 aromatic heterocycles. The van der Waals surface area contributed by atoms with Crippen molar-refractivity contribution in [3.8, 4) is 5.75 Å². The number of esters is 1. The van der Waals surface area contributed by atoms with Gasteiger partial charge in [0.1, 0.15) is 5.75 Å². The van der Waals surface area contributed by atoms with Crippen LogP contribution in [0.3, 0.4) is 0 Å². The van der Waals surface area contributed by atoms with Gasteiger partial charge >= 0.3 is 5.97 Å². The molecule has 2 heterocycles. The molecule has 0 unspecified atom stereocenters. The van der Waals surface area contributed by atoms with Crippen LogP contribution in [0.15, 0.2) is 42.5 Å². The van der Waals surface area contributed by atoms with E-state index < -0.39 is 5.97 Å². The summed E-state index contributed by atoms with van der Waals surface area (Å²) in [5.74, 6) is 0.460. The number of likely N-dealkylation sites (tertiary alicyclic amines) is 1. The van der Waals surface area contributed by atoms with Crippen molar-refractivity contribution in [1.82, 2.24) is 9.88 Å². The lowest BCUT2D eigenvalue weighted by molar-refractivity contribution is -0.131. The topological polar surface area (TPSA) is 71.5 Å². The first-order valence-electron chi connectivity index (χ1n) is 10.2. The molecule has 0 atom stereocenters. The van der Waals surface area contributed by atoms with Gasteiger partial charge in [-0.2, -0.15) is 0 Å². The summed E-state index contributed by atoms with van der Waals surface area (Å²) in [5, 5.41) is 3.40. The molecular weight excluding hydrogens is 398 g/mol. The lowest BCUT2D eigenvalue weighted by atomic mass is 9.99. The van der Waals surface area contributed by atoms with Crippen molar-refractivity contribution in [2.24, 2.45) is 5.92 Å². The van der Waals surface area contributed by atoms with Gasteiger partial charge in [0, 0.05) is 19.0 Å². The second kappa shape index (κ2) is 8.93. The normalized spacial score (nSPS) is 15.3. The third-order valence-corrected chi connectivity index (χ3v) is 6.25. The summed E-state index contributed by atoms with van der Waals surface area (Å²) < 4.78 is 6.11. The lowest BCUT2D eigenvalue weighted by Gasteiger charge is -2.30. The van der Waals surface area contributed by atoms with Gasteiger partial charge in [-0.3, -0.25) is 19.8 Å². The summed E-state index contributed by atoms with van der Waals surface area (Å²) in [6.45, 7) is 6.90. The van der Waals surface area contributed by atoms with Crippen molar-refractivity contribution < 1.29 is 14.3 Å². The molecule has 4 rings (SSSR count). The molecule has 156 valence electrons. The minimum absolute atomic E-state index is 0.286. The second-order valence-electron chi connectivity index (χ2n) is 7.86. The fourth-order valence-electron chi connectivity index (χ4n) is 3.64. The number of nitrogens with one attached hydrogen (secondary N) is 1. The van der Waals surface area contributed by atoms with Crippen LogP contribution in [-0.4, -0.2) is 34.8 Å². The number of amides is 1. The van der Waals surface area contributed by atoms with Crippen LogP contribution >= 0.6 is 11.3 Å². The zero-order valence-electron chi connectivity index (χ0n) is 17.2. The SMILES string of the molecule is CC(=O)Oc1cccc(C(=O)Nc2nc3ccc(CN4CCC(C)CC4)cc3s2)c1. The van der Waals surface area contributed by atoms with Gasteiger partial charge in [-0.05, 0) is 67.7 Å². The predicted molar refractivity (Wildman–Crippen MR) is 119 cm³/mol. The number of hydrogen-bond donors (Lipinski definition) is 1. The van der Waals surface area contributed by atoms with Crippen LogP contribution in [0.5, 0.6) is 5.75 Å². The number of hydrogen-bond acceptors (Lipinski definition) is 6. The van der Waals surface area contributed by atoms with Crippen LogP contribution in [0, 0.1) is 5.92 Å². The molecule has 0 radical (unpaired) electrons. The standard InChI is InChI=1S/C23H25N3O3S/c1-15-8-10-26(11-9-15)14-17-6-7-20-21(12-17)30-23(24-20)25-22(28)18-4-3-5-19(13-18)29-16(2)27/h3-7,12-13,15H,8-11,14H2,1-2H3,(H,24,25,28). The molecule has 1 N–H and O–H groups in total. The first kappa shape index (κ1) is 20.5. The molecule has 30 heavy (non-hydrogen) atoms. The minimum Gasteiger partial charge on any atom is -0.427 e. The van der Waals surface area contributed by atoms with Gasteiger partial charge in [-0.1, -0.05) is 30.4 Å². The molecule has 7 heteroatoms. The van der Waals surface area contributed by atoms with E-state index >= 15 is 0 Å². The summed E-state index contributed by atoms with van der Waals surface area (Å²) in [4.78, 5) is 30.7. The molecule has 0 aliphatic carbocycles. The van der Waals surface area contributed by atoms with Crippen molar-refractivity contribution in [1.29, 1.82) is 0 Å². The van der Waals surface area contributed by atoms with E-state index in [4.69, 9.17) is 4.74 Å². The number of rotatable bonds is 5. The average Bonchev–Trinajstić information content (AvgIpc) is 3.11. The fourth-order valence-corrected chi connectivity index (χ4v) is 4.56. The van der Waals surface area contributed by atoms with Crippen molar-refractivity contribution in [3.63, 3.8) is 0 Å². The number of carbonyl (C=O) groups excluding carboxylic acids is 2. The number of benzene rings is 2. The maximum absolute atomic E-state index is 12.6. The number of piperidine rings is 1. The van der Waals surface area contributed by atoms with E-state index in [-0.39, 0.29) is 5.91 Å². The Morgan fingerprint density at radius 3 is 2.77 bits per heavy atom. The van der Waals surface area contributed by atoms with Gasteiger partial charge in [0.25, 0.3) is 5.91 Å². The van der Waals surface area contributed by atoms with Gasteiger partial charge in [0.15, 0.2) is 5.13 Å². The third kappa shape index (κ3) is 5.04. The van der Waals surface area contributed by atoms with E-state index in [1.165, 1.54) is 36.7 Å². The zero-order chi connectivity index (χ0) is 21.1. The van der Waals surface area contributed by atoms with Crippen molar-refractivity contribution in [2.75, 3.05) is 18.4 Å². The maximum Gasteiger partial charge on any atom is 0.308 e. The van der Waals surface area contributed by atoms with E-state index in [1.54, 1.807) is 24.3 Å². The van der Waals surface area contributed by atoms with E-state index in [2.05, 4.69) is 34.3 Å². The highest BCUT2D eigenvalue weighted by Crippen LogP contribution is 2.28. The molecule has 1 aliphatic heterocycles. The Kier molecular flexibility index (Phi) is 6.11. The van der Waals surface area contributed by atoms with Crippen LogP contribution in [-0.2, 0) is 11.3 Å². The van der Waals surface area contributed by atoms with E-state index in [9.17, 15) is 9.59 Å². The Balaban J connectivity index is 1.44. The van der Waals surface area contributed by atoms with Gasteiger partial charge in [0.05, 0.1) is 10.2 Å². The summed E-state index contributed by atoms with van der Waals surface area (Å²) in [6.07, 6.45) is 2.52. The first-order valence-corrected chi connectivity index (χ1v) is 11.0. The second-order valence-corrected chi connectivity index (χ2v) is 8.89. The van der Waals surface area contributed by atoms with Gasteiger partial charge in [-0.25, -0.2) is 4.98 Å². The molecule has 1 saturated heterocycles. The number of anilines is 1. The Bertz CT molecular complexity index is 1070. The lowest BCUT2D eigenvalue weighted by Crippen LogP contribution is -2.32. The monoisotopic (exact) mass is 423 g/mol. The zero-order valence-corrected chi connectivity index (χ0v) is 18.0. The molecular formula is C23H25N3O3S. The van der Waals surface area contributed by atoms with E-state index in [0.717, 1.165) is 35.8 Å². The van der Waals surface area contributed by atoms with Crippen LogP contribution in [0.2, 0.25) is 0 Å². The average molecular weight is 424 g/mol. The molecule has 3 aromatic rings. The Morgan fingerprint density at radius 1 is 1.20 bits per heavy atom. The quantitative estimate of drug-likeness (QED) is 0.475. The molecule has 1 amide bonds. The third-order valence-electron chi connectivity index (χ3n) is 5.31. The number of aromatic nitrogens is 1. The highest BCUT2D eigenvalue weighted by molar-refractivity contribution is 7.22. The highest BCUT2D eigenvalue weighted by atomic mass is 32.1. The van der Waals surface area contributed by atoms with E-state index in [1.807, 2.05) is 6.07 Å². The van der Waals surface area contributed by atoms with Gasteiger partial charge < -0.3 is 4.74 Å². The molecule has 0 spiro atoms. The first-order chi connectivity index (χ1) is 14.5. The summed E-state index contributed by atoms with van der Waals surface area (Å²) in [5.41, 5.74) is 2.56. The number of nitrogens with zero attached hydrogens (tertiary/aromatic N) is 2. The van der Waals surface area contributed by atoms with Crippen molar-refractivity contribution in [3.05, 3.63) is 53.6 Å². The smallest absolute Gasteiger partial charge is 0.308 e. The highest BCUT2D eigenvalue weighted by Gasteiger charge is 2.16. The summed E-state index contributed by atoms with van der Waals surface area (Å²) in [6, 6.07) is 12.8. The number of ether oxygens (including phenoxy) is 1. The molecule has 1 aliphatic rings. The number of carbonyl (C=O) groups is 2. The summed E-state index contributed by atoms with van der Waals surface area (Å²) in [7, 11) is 0.